The second-order valence-corrected chi connectivity index (χ2v) is 5.51. The number of hydrogen-bond acceptors (Lipinski definition) is 3. The van der Waals surface area contributed by atoms with Gasteiger partial charge in [-0.3, -0.25) is 9.00 Å². The van der Waals surface area contributed by atoms with Crippen molar-refractivity contribution in [3.05, 3.63) is 54.3 Å². The molecule has 20 heavy (non-hydrogen) atoms. The minimum absolute atomic E-state index is 0.0277. The molecule has 1 atom stereocenters. The van der Waals surface area contributed by atoms with Gasteiger partial charge in [0.05, 0.1) is 15.7 Å². The van der Waals surface area contributed by atoms with Gasteiger partial charge in [0.25, 0.3) is 0 Å². The van der Waals surface area contributed by atoms with Crippen molar-refractivity contribution in [2.24, 2.45) is 0 Å². The van der Waals surface area contributed by atoms with Gasteiger partial charge in [-0.25, -0.2) is 4.39 Å². The molecule has 0 fully saturated rings. The number of benzene rings is 2. The molecule has 2 aromatic carbocycles. The molecule has 0 aliphatic rings. The number of nitrogen functional groups attached to an aromatic ring is 1. The number of nitrogens with one attached hydrogen (secondary N) is 1. The van der Waals surface area contributed by atoms with E-state index in [9.17, 15) is 13.4 Å². The van der Waals surface area contributed by atoms with E-state index in [4.69, 9.17) is 5.73 Å². The summed E-state index contributed by atoms with van der Waals surface area (Å²) in [5.41, 5.74) is 6.66. The van der Waals surface area contributed by atoms with Crippen LogP contribution in [0.3, 0.4) is 0 Å². The zero-order chi connectivity index (χ0) is 14.5. The SMILES string of the molecule is Nc1ccc(NC(=O)CS(=O)c2ccccc2F)cc1. The lowest BCUT2D eigenvalue weighted by molar-refractivity contribution is -0.113. The van der Waals surface area contributed by atoms with E-state index >= 15 is 0 Å². The summed E-state index contributed by atoms with van der Waals surface area (Å²) < 4.78 is 25.3. The van der Waals surface area contributed by atoms with E-state index in [1.54, 1.807) is 30.3 Å². The van der Waals surface area contributed by atoms with Crippen molar-refractivity contribution in [1.82, 2.24) is 0 Å². The second-order valence-electron chi connectivity index (χ2n) is 4.09. The fourth-order valence-electron chi connectivity index (χ4n) is 1.59. The van der Waals surface area contributed by atoms with Gasteiger partial charge in [0.15, 0.2) is 0 Å². The molecule has 0 saturated carbocycles. The van der Waals surface area contributed by atoms with Crippen molar-refractivity contribution >= 4 is 28.1 Å². The third-order valence-electron chi connectivity index (χ3n) is 2.54. The Morgan fingerprint density at radius 2 is 1.80 bits per heavy atom. The van der Waals surface area contributed by atoms with Gasteiger partial charge < -0.3 is 11.1 Å². The van der Waals surface area contributed by atoms with Gasteiger partial charge in [-0.05, 0) is 36.4 Å². The molecule has 0 aliphatic carbocycles. The number of anilines is 2. The summed E-state index contributed by atoms with van der Waals surface area (Å²) in [6.45, 7) is 0. The highest BCUT2D eigenvalue weighted by Gasteiger charge is 2.13. The molecule has 3 N–H and O–H groups in total. The Bertz CT molecular complexity index is 644. The summed E-state index contributed by atoms with van der Waals surface area (Å²) in [5.74, 6) is -1.33. The van der Waals surface area contributed by atoms with Crippen LogP contribution >= 0.6 is 0 Å². The number of carbonyl (C=O) groups excluding carboxylic acids is 1. The van der Waals surface area contributed by atoms with Gasteiger partial charge >= 0.3 is 0 Å². The summed E-state index contributed by atoms with van der Waals surface area (Å²) in [5, 5.41) is 2.58. The summed E-state index contributed by atoms with van der Waals surface area (Å²) in [6, 6.07) is 12.3. The molecule has 0 bridgehead atoms. The predicted octanol–water partition coefficient (Wildman–Crippen LogP) is 2.15. The number of rotatable bonds is 4. The predicted molar refractivity (Wildman–Crippen MR) is 77.2 cm³/mol. The lowest BCUT2D eigenvalue weighted by Crippen LogP contribution is -2.20. The third-order valence-corrected chi connectivity index (χ3v) is 3.88. The molecule has 0 aliphatic heterocycles. The topological polar surface area (TPSA) is 72.2 Å². The molecular formula is C14H13FN2O2S. The Balaban J connectivity index is 2.00. The Morgan fingerprint density at radius 3 is 2.45 bits per heavy atom. The Labute approximate surface area is 118 Å². The third kappa shape index (κ3) is 3.64. The minimum Gasteiger partial charge on any atom is -0.399 e. The van der Waals surface area contributed by atoms with E-state index in [1.165, 1.54) is 18.2 Å². The van der Waals surface area contributed by atoms with Crippen molar-refractivity contribution < 1.29 is 13.4 Å². The van der Waals surface area contributed by atoms with Gasteiger partial charge in [0, 0.05) is 11.4 Å². The van der Waals surface area contributed by atoms with Crippen molar-refractivity contribution in [1.29, 1.82) is 0 Å². The number of amides is 1. The van der Waals surface area contributed by atoms with Crippen molar-refractivity contribution in [3.63, 3.8) is 0 Å². The van der Waals surface area contributed by atoms with Gasteiger partial charge in [-0.15, -0.1) is 0 Å². The number of carbonyl (C=O) groups is 1. The molecule has 1 amide bonds. The maximum atomic E-state index is 13.4. The van der Waals surface area contributed by atoms with Crippen LogP contribution in [0.25, 0.3) is 0 Å². The van der Waals surface area contributed by atoms with Crippen LogP contribution in [-0.4, -0.2) is 15.9 Å². The maximum Gasteiger partial charge on any atom is 0.237 e. The Hall–Kier alpha value is -2.21. The first-order valence-electron chi connectivity index (χ1n) is 5.84. The molecule has 0 heterocycles. The van der Waals surface area contributed by atoms with Crippen LogP contribution in [0, 0.1) is 5.82 Å². The quantitative estimate of drug-likeness (QED) is 0.848. The highest BCUT2D eigenvalue weighted by atomic mass is 32.2. The summed E-state index contributed by atoms with van der Waals surface area (Å²) in [6.07, 6.45) is 0. The molecule has 0 radical (unpaired) electrons. The molecule has 0 saturated heterocycles. The average Bonchev–Trinajstić information content (AvgIpc) is 2.41. The molecule has 6 heteroatoms. The zero-order valence-electron chi connectivity index (χ0n) is 10.5. The normalized spacial score (nSPS) is 11.8. The largest absolute Gasteiger partial charge is 0.399 e. The lowest BCUT2D eigenvalue weighted by atomic mass is 10.3. The van der Waals surface area contributed by atoms with Gasteiger partial charge in [0.1, 0.15) is 11.6 Å². The van der Waals surface area contributed by atoms with Crippen LogP contribution in [0.2, 0.25) is 0 Å². The van der Waals surface area contributed by atoms with Crippen LogP contribution in [0.5, 0.6) is 0 Å². The van der Waals surface area contributed by atoms with E-state index in [2.05, 4.69) is 5.32 Å². The first kappa shape index (κ1) is 14.2. The van der Waals surface area contributed by atoms with Gasteiger partial charge in [0.2, 0.25) is 5.91 Å². The van der Waals surface area contributed by atoms with Crippen molar-refractivity contribution in [3.8, 4) is 0 Å². The number of nitrogens with two attached hydrogens (primary N) is 1. The highest BCUT2D eigenvalue weighted by molar-refractivity contribution is 7.85. The first-order valence-corrected chi connectivity index (χ1v) is 7.16. The molecule has 4 nitrogen and oxygen atoms in total. The van der Waals surface area contributed by atoms with Crippen LogP contribution in [0.1, 0.15) is 0 Å². The lowest BCUT2D eigenvalue weighted by Gasteiger charge is -2.06. The highest BCUT2D eigenvalue weighted by Crippen LogP contribution is 2.13. The van der Waals surface area contributed by atoms with E-state index in [0.717, 1.165) is 0 Å². The average molecular weight is 292 g/mol. The fourth-order valence-corrected chi connectivity index (χ4v) is 2.57. The molecule has 2 rings (SSSR count). The standard InChI is InChI=1S/C14H13FN2O2S/c15-12-3-1-2-4-13(12)20(19)9-14(18)17-11-7-5-10(16)6-8-11/h1-8H,9,16H2,(H,17,18). The summed E-state index contributed by atoms with van der Waals surface area (Å²) >= 11 is 0. The van der Waals surface area contributed by atoms with E-state index in [0.29, 0.717) is 11.4 Å². The van der Waals surface area contributed by atoms with Gasteiger partial charge in [-0.2, -0.15) is 0 Å². The Kier molecular flexibility index (Phi) is 4.47. The molecule has 1 unspecified atom stereocenters. The van der Waals surface area contributed by atoms with Crippen LogP contribution in [0.15, 0.2) is 53.4 Å². The molecular weight excluding hydrogens is 279 g/mol. The molecule has 0 spiro atoms. The van der Waals surface area contributed by atoms with E-state index in [1.807, 2.05) is 0 Å². The number of hydrogen-bond donors (Lipinski definition) is 2. The molecule has 2 aromatic rings. The van der Waals surface area contributed by atoms with Gasteiger partial charge in [-0.1, -0.05) is 12.1 Å². The van der Waals surface area contributed by atoms with Crippen LogP contribution < -0.4 is 11.1 Å². The first-order chi connectivity index (χ1) is 9.56. The summed E-state index contributed by atoms with van der Waals surface area (Å²) in [7, 11) is -1.71. The monoisotopic (exact) mass is 292 g/mol. The maximum absolute atomic E-state index is 13.4. The van der Waals surface area contributed by atoms with E-state index in [-0.39, 0.29) is 10.6 Å². The second kappa shape index (κ2) is 6.29. The summed E-state index contributed by atoms with van der Waals surface area (Å²) in [4.78, 5) is 11.8. The fraction of sp³-hybridized carbons (Fsp3) is 0.0714. The van der Waals surface area contributed by atoms with Crippen LogP contribution in [0.4, 0.5) is 15.8 Å². The van der Waals surface area contributed by atoms with E-state index < -0.39 is 22.5 Å². The van der Waals surface area contributed by atoms with Crippen molar-refractivity contribution in [2.45, 2.75) is 4.90 Å². The molecule has 104 valence electrons. The number of halogens is 1. The Morgan fingerprint density at radius 1 is 1.15 bits per heavy atom. The zero-order valence-corrected chi connectivity index (χ0v) is 11.3. The smallest absolute Gasteiger partial charge is 0.237 e. The minimum atomic E-state index is -1.71. The van der Waals surface area contributed by atoms with Crippen molar-refractivity contribution in [2.75, 3.05) is 16.8 Å². The van der Waals surface area contributed by atoms with Crippen LogP contribution in [-0.2, 0) is 15.6 Å². The molecule has 0 aromatic heterocycles.